The Balaban J connectivity index is 1.65. The molecule has 4 heteroatoms. The monoisotopic (exact) mass is 350 g/mol. The molecule has 0 saturated carbocycles. The number of aromatic nitrogens is 1. The van der Waals surface area contributed by atoms with E-state index in [0.29, 0.717) is 12.1 Å². The maximum absolute atomic E-state index is 12.4. The van der Waals surface area contributed by atoms with Crippen LogP contribution in [0.1, 0.15) is 42.3 Å². The number of hydrogen-bond donors (Lipinski definition) is 1. The van der Waals surface area contributed by atoms with Crippen LogP contribution in [-0.4, -0.2) is 10.9 Å². The van der Waals surface area contributed by atoms with Gasteiger partial charge >= 0.3 is 0 Å². The van der Waals surface area contributed by atoms with Crippen LogP contribution in [0.25, 0.3) is 11.1 Å². The molecule has 0 aliphatic heterocycles. The van der Waals surface area contributed by atoms with Gasteiger partial charge in [-0.25, -0.2) is 0 Å². The predicted molar refractivity (Wildman–Crippen MR) is 104 cm³/mol. The van der Waals surface area contributed by atoms with Gasteiger partial charge in [0.1, 0.15) is 0 Å². The van der Waals surface area contributed by atoms with Crippen LogP contribution in [0.4, 0.5) is 0 Å². The molecule has 1 amide bonds. The molecule has 25 heavy (non-hydrogen) atoms. The fraction of sp³-hybridized carbons (Fsp3) is 0.238. The molecule has 0 radical (unpaired) electrons. The molecule has 0 fully saturated rings. The van der Waals surface area contributed by atoms with Crippen LogP contribution in [0.3, 0.4) is 0 Å². The van der Waals surface area contributed by atoms with Crippen molar-refractivity contribution in [2.75, 3.05) is 0 Å². The molecular weight excluding hydrogens is 328 g/mol. The van der Waals surface area contributed by atoms with Gasteiger partial charge in [-0.1, -0.05) is 32.9 Å². The van der Waals surface area contributed by atoms with E-state index in [1.807, 2.05) is 35.8 Å². The number of carbonyl (C=O) groups is 1. The molecule has 0 aliphatic rings. The van der Waals surface area contributed by atoms with Gasteiger partial charge in [-0.05, 0) is 57.1 Å². The highest BCUT2D eigenvalue weighted by Crippen LogP contribution is 2.23. The molecule has 3 nitrogen and oxygen atoms in total. The summed E-state index contributed by atoms with van der Waals surface area (Å²) in [6.07, 6.45) is 3.64. The van der Waals surface area contributed by atoms with Crippen molar-refractivity contribution in [2.45, 2.75) is 32.7 Å². The Kier molecular flexibility index (Phi) is 5.00. The minimum Gasteiger partial charge on any atom is -0.348 e. The molecule has 0 saturated heterocycles. The van der Waals surface area contributed by atoms with Gasteiger partial charge in [0.25, 0.3) is 5.91 Å². The summed E-state index contributed by atoms with van der Waals surface area (Å²) in [6.45, 7) is 6.95. The van der Waals surface area contributed by atoms with Crippen LogP contribution in [0.5, 0.6) is 0 Å². The van der Waals surface area contributed by atoms with E-state index in [-0.39, 0.29) is 11.3 Å². The van der Waals surface area contributed by atoms with E-state index in [4.69, 9.17) is 0 Å². The summed E-state index contributed by atoms with van der Waals surface area (Å²) in [4.78, 5) is 16.6. The van der Waals surface area contributed by atoms with E-state index in [2.05, 4.69) is 48.6 Å². The molecule has 3 aromatic rings. The minimum absolute atomic E-state index is 0.0682. The summed E-state index contributed by atoms with van der Waals surface area (Å²) in [5.41, 5.74) is 5.20. The second kappa shape index (κ2) is 7.19. The van der Waals surface area contributed by atoms with Crippen molar-refractivity contribution in [1.29, 1.82) is 0 Å². The van der Waals surface area contributed by atoms with Gasteiger partial charge in [0.15, 0.2) is 0 Å². The number of nitrogens with zero attached hydrogens (tertiary/aromatic N) is 1. The molecule has 128 valence electrons. The zero-order valence-electron chi connectivity index (χ0n) is 14.7. The van der Waals surface area contributed by atoms with Gasteiger partial charge in [0.05, 0.1) is 0 Å². The molecule has 0 bridgehead atoms. The van der Waals surface area contributed by atoms with Crippen LogP contribution >= 0.6 is 11.3 Å². The largest absolute Gasteiger partial charge is 0.348 e. The van der Waals surface area contributed by atoms with E-state index in [0.717, 1.165) is 16.7 Å². The number of amides is 1. The number of pyridine rings is 1. The zero-order valence-corrected chi connectivity index (χ0v) is 15.6. The number of thiophene rings is 1. The van der Waals surface area contributed by atoms with Gasteiger partial charge in [-0.15, -0.1) is 0 Å². The average Bonchev–Trinajstić information content (AvgIpc) is 3.14. The fourth-order valence-electron chi connectivity index (χ4n) is 2.58. The number of nitrogens with one attached hydrogen (secondary N) is 1. The Bertz CT molecular complexity index is 846. The maximum atomic E-state index is 12.4. The van der Waals surface area contributed by atoms with Crippen LogP contribution in [0, 0.1) is 0 Å². The summed E-state index contributed by atoms with van der Waals surface area (Å²) in [5.74, 6) is -0.0682. The summed E-state index contributed by atoms with van der Waals surface area (Å²) < 4.78 is 0. The van der Waals surface area contributed by atoms with Crippen molar-refractivity contribution in [2.24, 2.45) is 0 Å². The second-order valence-corrected chi connectivity index (χ2v) is 7.88. The second-order valence-electron chi connectivity index (χ2n) is 7.10. The topological polar surface area (TPSA) is 42.0 Å². The highest BCUT2D eigenvalue weighted by molar-refractivity contribution is 7.08. The Hall–Kier alpha value is -2.46. The predicted octanol–water partition coefficient (Wildman–Crippen LogP) is 5.04. The fourth-order valence-corrected chi connectivity index (χ4v) is 3.24. The lowest BCUT2D eigenvalue weighted by atomic mass is 9.87. The lowest BCUT2D eigenvalue weighted by Crippen LogP contribution is -2.23. The first kappa shape index (κ1) is 17.4. The summed E-state index contributed by atoms with van der Waals surface area (Å²) in [6, 6.07) is 12.0. The quantitative estimate of drug-likeness (QED) is 0.716. The molecule has 0 aliphatic carbocycles. The average molecular weight is 350 g/mol. The molecule has 1 N–H and O–H groups in total. The molecule has 0 atom stereocenters. The van der Waals surface area contributed by atoms with E-state index < -0.39 is 0 Å². The standard InChI is InChI=1S/C21H22N2OS/c1-21(2,3)19-6-4-16(5-7-19)20(24)23-12-15-10-18(13-22-11-15)17-8-9-25-14-17/h4-11,13-14H,12H2,1-3H3,(H,23,24). The minimum atomic E-state index is -0.0682. The third-order valence-corrected chi connectivity index (χ3v) is 4.80. The molecule has 1 aromatic carbocycles. The van der Waals surface area contributed by atoms with Gasteiger partial charge in [0, 0.05) is 30.1 Å². The molecular formula is C21H22N2OS. The molecule has 2 heterocycles. The van der Waals surface area contributed by atoms with Crippen LogP contribution < -0.4 is 5.32 Å². The van der Waals surface area contributed by atoms with Gasteiger partial charge in [-0.2, -0.15) is 11.3 Å². The molecule has 3 rings (SSSR count). The Morgan fingerprint density at radius 2 is 1.84 bits per heavy atom. The highest BCUT2D eigenvalue weighted by Gasteiger charge is 2.14. The third kappa shape index (κ3) is 4.34. The first-order valence-corrected chi connectivity index (χ1v) is 9.23. The zero-order chi connectivity index (χ0) is 17.9. The van der Waals surface area contributed by atoms with Crippen molar-refractivity contribution in [3.63, 3.8) is 0 Å². The van der Waals surface area contributed by atoms with Crippen molar-refractivity contribution < 1.29 is 4.79 Å². The first-order valence-electron chi connectivity index (χ1n) is 8.29. The van der Waals surface area contributed by atoms with Gasteiger partial charge in [-0.3, -0.25) is 9.78 Å². The van der Waals surface area contributed by atoms with Crippen molar-refractivity contribution in [1.82, 2.24) is 10.3 Å². The van der Waals surface area contributed by atoms with E-state index >= 15 is 0 Å². The lowest BCUT2D eigenvalue weighted by Gasteiger charge is -2.19. The van der Waals surface area contributed by atoms with E-state index in [1.165, 1.54) is 5.56 Å². The first-order chi connectivity index (χ1) is 11.9. The van der Waals surface area contributed by atoms with Crippen LogP contribution in [0.15, 0.2) is 59.6 Å². The van der Waals surface area contributed by atoms with Crippen molar-refractivity contribution >= 4 is 17.2 Å². The Morgan fingerprint density at radius 1 is 1.08 bits per heavy atom. The van der Waals surface area contributed by atoms with Gasteiger partial charge < -0.3 is 5.32 Å². The number of carbonyl (C=O) groups excluding carboxylic acids is 1. The summed E-state index contributed by atoms with van der Waals surface area (Å²) in [7, 11) is 0. The van der Waals surface area contributed by atoms with Gasteiger partial charge in [0.2, 0.25) is 0 Å². The summed E-state index contributed by atoms with van der Waals surface area (Å²) in [5, 5.41) is 7.11. The van der Waals surface area contributed by atoms with Crippen molar-refractivity contribution in [3.05, 3.63) is 76.2 Å². The Morgan fingerprint density at radius 3 is 2.48 bits per heavy atom. The van der Waals surface area contributed by atoms with Crippen molar-refractivity contribution in [3.8, 4) is 11.1 Å². The molecule has 2 aromatic heterocycles. The third-order valence-electron chi connectivity index (χ3n) is 4.12. The van der Waals surface area contributed by atoms with E-state index in [1.54, 1.807) is 17.5 Å². The SMILES string of the molecule is CC(C)(C)c1ccc(C(=O)NCc2cncc(-c3ccsc3)c2)cc1. The number of hydrogen-bond acceptors (Lipinski definition) is 3. The molecule has 0 unspecified atom stereocenters. The van der Waals surface area contributed by atoms with E-state index in [9.17, 15) is 4.79 Å². The van der Waals surface area contributed by atoms with Crippen LogP contribution in [-0.2, 0) is 12.0 Å². The smallest absolute Gasteiger partial charge is 0.251 e. The highest BCUT2D eigenvalue weighted by atomic mass is 32.1. The maximum Gasteiger partial charge on any atom is 0.251 e. The number of benzene rings is 1. The Labute approximate surface area is 152 Å². The summed E-state index contributed by atoms with van der Waals surface area (Å²) >= 11 is 1.66. The normalized spacial score (nSPS) is 11.3. The lowest BCUT2D eigenvalue weighted by molar-refractivity contribution is 0.0951. The van der Waals surface area contributed by atoms with Crippen LogP contribution in [0.2, 0.25) is 0 Å². The number of rotatable bonds is 4. The molecule has 0 spiro atoms.